The number of nitrogens with two attached hydrogens (primary N) is 1. The molecule has 0 heterocycles. The van der Waals surface area contributed by atoms with Gasteiger partial charge in [-0.2, -0.15) is 0 Å². The van der Waals surface area contributed by atoms with Crippen molar-refractivity contribution in [3.05, 3.63) is 64.4 Å². The summed E-state index contributed by atoms with van der Waals surface area (Å²) in [7, 11) is 0. The van der Waals surface area contributed by atoms with Crippen molar-refractivity contribution in [2.45, 2.75) is 39.2 Å². The number of hydrogen-bond acceptors (Lipinski definition) is 10. The Labute approximate surface area is 251 Å². The first-order valence-electron chi connectivity index (χ1n) is 14.0. The first-order valence-corrected chi connectivity index (χ1v) is 14.0. The van der Waals surface area contributed by atoms with Crippen LogP contribution >= 0.6 is 0 Å². The van der Waals surface area contributed by atoms with Crippen molar-refractivity contribution in [3.63, 3.8) is 0 Å². The van der Waals surface area contributed by atoms with Crippen LogP contribution in [0.4, 0.5) is 5.69 Å². The number of amides is 2. The van der Waals surface area contributed by atoms with Crippen LogP contribution in [0.2, 0.25) is 0 Å². The van der Waals surface area contributed by atoms with Crippen LogP contribution in [0.5, 0.6) is 5.75 Å². The van der Waals surface area contributed by atoms with Gasteiger partial charge in [0.25, 0.3) is 11.8 Å². The number of nitrogens with one attached hydrogen (secondary N) is 1. The largest absolute Gasteiger partial charge is 0.508 e. The molecule has 230 valence electrons. The van der Waals surface area contributed by atoms with E-state index in [-0.39, 0.29) is 29.7 Å². The third-order valence-electron chi connectivity index (χ3n) is 8.74. The number of aliphatic hydroxyl groups excluding tert-OH is 2. The number of carbonyl (C=O) groups is 5. The zero-order chi connectivity index (χ0) is 32.2. The van der Waals surface area contributed by atoms with E-state index in [1.807, 2.05) is 0 Å². The van der Waals surface area contributed by atoms with Gasteiger partial charge in [0.15, 0.2) is 18.0 Å². The predicted molar refractivity (Wildman–Crippen MR) is 156 cm³/mol. The summed E-state index contributed by atoms with van der Waals surface area (Å²) in [5, 5.41) is 47.6. The number of hydrogen-bond donors (Lipinski definition) is 6. The maximum Gasteiger partial charge on any atom is 0.303 e. The number of primary amides is 1. The molecule has 0 bridgehead atoms. The lowest BCUT2D eigenvalue weighted by molar-refractivity contribution is -0.155. The van der Waals surface area contributed by atoms with Gasteiger partial charge in [-0.15, -0.1) is 0 Å². The Morgan fingerprint density at radius 1 is 1.07 bits per heavy atom. The van der Waals surface area contributed by atoms with Crippen LogP contribution in [-0.2, 0) is 35.1 Å². The molecule has 12 nitrogen and oxygen atoms in total. The molecule has 0 saturated heterocycles. The molecule has 2 amide bonds. The monoisotopic (exact) mass is 604 g/mol. The Bertz CT molecular complexity index is 1690. The molecule has 1 saturated carbocycles. The Morgan fingerprint density at radius 3 is 2.32 bits per heavy atom. The van der Waals surface area contributed by atoms with Crippen LogP contribution in [-0.4, -0.2) is 62.0 Å². The summed E-state index contributed by atoms with van der Waals surface area (Å²) < 4.78 is 4.69. The van der Waals surface area contributed by atoms with Crippen LogP contribution in [0.1, 0.15) is 38.3 Å². The molecule has 3 aliphatic carbocycles. The highest BCUT2D eigenvalue weighted by molar-refractivity contribution is 6.23. The molecule has 2 aromatic carbocycles. The van der Waals surface area contributed by atoms with Crippen molar-refractivity contribution in [1.29, 1.82) is 0 Å². The van der Waals surface area contributed by atoms with Gasteiger partial charge in [-0.1, -0.05) is 32.0 Å². The molecule has 0 unspecified atom stereocenters. The van der Waals surface area contributed by atoms with E-state index in [4.69, 9.17) is 10.5 Å². The number of ether oxygens (including phenoxy) is 1. The normalized spacial score (nSPS) is 24.4. The minimum atomic E-state index is -2.67. The molecule has 0 radical (unpaired) electrons. The van der Waals surface area contributed by atoms with Gasteiger partial charge in [0.2, 0.25) is 5.78 Å². The topological polar surface area (TPSA) is 214 Å². The van der Waals surface area contributed by atoms with Crippen LogP contribution in [0, 0.1) is 23.7 Å². The number of ketones is 2. The average molecular weight is 605 g/mol. The number of phenolic OH excluding ortho intramolecular Hbond substituents is 1. The van der Waals surface area contributed by atoms with Crippen molar-refractivity contribution in [1.82, 2.24) is 0 Å². The molecule has 7 N–H and O–H groups in total. The molecule has 2 aromatic rings. The third-order valence-corrected chi connectivity index (χ3v) is 8.74. The Hall–Kier alpha value is -4.97. The lowest BCUT2D eigenvalue weighted by Gasteiger charge is -2.50. The third kappa shape index (κ3) is 4.71. The molecule has 4 atom stereocenters. The SMILES string of the molecule is CC(=O)OCC(=O)Nc1ccc(-c2ccc(O)c3c2C[C@H]2C[C@H]4[C@H](C(C)C)C(=O)C(C(N)=O)=C(O)[C@@]4(O)C(=O)C2=C3O)cc1. The molecule has 44 heavy (non-hydrogen) atoms. The predicted octanol–water partition coefficient (Wildman–Crippen LogP) is 2.47. The maximum atomic E-state index is 14.0. The summed E-state index contributed by atoms with van der Waals surface area (Å²) in [6.45, 7) is 4.16. The summed E-state index contributed by atoms with van der Waals surface area (Å²) >= 11 is 0. The van der Waals surface area contributed by atoms with Crippen molar-refractivity contribution < 1.29 is 49.1 Å². The molecule has 3 aliphatic rings. The second kappa shape index (κ2) is 10.9. The fraction of sp³-hybridized carbons (Fsp3) is 0.344. The molecular formula is C32H32N2O10. The number of rotatable bonds is 6. The van der Waals surface area contributed by atoms with Gasteiger partial charge < -0.3 is 36.2 Å². The van der Waals surface area contributed by atoms with Crippen molar-refractivity contribution in [2.75, 3.05) is 11.9 Å². The van der Waals surface area contributed by atoms with E-state index in [0.29, 0.717) is 22.4 Å². The van der Waals surface area contributed by atoms with E-state index in [0.717, 1.165) is 0 Å². The van der Waals surface area contributed by atoms with E-state index in [2.05, 4.69) is 5.32 Å². The highest BCUT2D eigenvalue weighted by atomic mass is 16.5. The average Bonchev–Trinajstić information content (AvgIpc) is 2.94. The molecule has 12 heteroatoms. The zero-order valence-corrected chi connectivity index (χ0v) is 24.2. The van der Waals surface area contributed by atoms with E-state index in [9.17, 15) is 44.4 Å². The molecule has 0 aliphatic heterocycles. The quantitative estimate of drug-likeness (QED) is 0.209. The number of aromatic hydroxyl groups is 1. The summed E-state index contributed by atoms with van der Waals surface area (Å²) in [5.41, 5.74) is 3.86. The minimum Gasteiger partial charge on any atom is -0.508 e. The van der Waals surface area contributed by atoms with E-state index in [1.54, 1.807) is 44.2 Å². The second-order valence-corrected chi connectivity index (χ2v) is 11.7. The highest BCUT2D eigenvalue weighted by Gasteiger charge is 2.64. The number of phenols is 1. The number of Topliss-reactive ketones (excluding diaryl/α,β-unsaturated/α-hetero) is 2. The minimum absolute atomic E-state index is 0.00810. The summed E-state index contributed by atoms with van der Waals surface area (Å²) in [6.07, 6.45) is 0.151. The van der Waals surface area contributed by atoms with Crippen molar-refractivity contribution in [2.24, 2.45) is 29.4 Å². The fourth-order valence-electron chi connectivity index (χ4n) is 6.85. The number of esters is 1. The smallest absolute Gasteiger partial charge is 0.303 e. The van der Waals surface area contributed by atoms with E-state index >= 15 is 0 Å². The van der Waals surface area contributed by atoms with Gasteiger partial charge in [-0.05, 0) is 59.6 Å². The number of fused-ring (bicyclic) bond motifs is 3. The second-order valence-electron chi connectivity index (χ2n) is 11.7. The first-order chi connectivity index (χ1) is 20.7. The molecular weight excluding hydrogens is 572 g/mol. The van der Waals surface area contributed by atoms with Gasteiger partial charge in [-0.25, -0.2) is 0 Å². The molecule has 1 fully saturated rings. The van der Waals surface area contributed by atoms with Gasteiger partial charge >= 0.3 is 5.97 Å². The fourth-order valence-corrected chi connectivity index (χ4v) is 6.85. The molecule has 5 rings (SSSR count). The van der Waals surface area contributed by atoms with Crippen molar-refractivity contribution >= 4 is 40.8 Å². The van der Waals surface area contributed by atoms with Crippen LogP contribution in [0.25, 0.3) is 16.9 Å². The van der Waals surface area contributed by atoms with Gasteiger partial charge in [0, 0.05) is 30.0 Å². The van der Waals surface area contributed by atoms with Gasteiger partial charge in [0.1, 0.15) is 22.8 Å². The van der Waals surface area contributed by atoms with Crippen LogP contribution < -0.4 is 11.1 Å². The Kier molecular flexibility index (Phi) is 7.58. The zero-order valence-electron chi connectivity index (χ0n) is 24.2. The van der Waals surface area contributed by atoms with Gasteiger partial charge in [0.05, 0.1) is 5.56 Å². The number of benzene rings is 2. The summed E-state index contributed by atoms with van der Waals surface area (Å²) in [5.74, 6) is -9.46. The first kappa shape index (κ1) is 30.5. The lowest BCUT2D eigenvalue weighted by Crippen LogP contribution is -2.62. The van der Waals surface area contributed by atoms with E-state index in [1.165, 1.54) is 13.0 Å². The number of aliphatic hydroxyl groups is 3. The van der Waals surface area contributed by atoms with Crippen LogP contribution in [0.15, 0.2) is 53.3 Å². The molecule has 0 aromatic heterocycles. The number of anilines is 1. The molecule has 0 spiro atoms. The standard InChI is InChI=1S/C32H32N2O10/c1-13(2)23-20-11-16-10-19-18(15-4-6-17(7-5-15)34-22(37)12-44-14(3)35)8-9-21(36)25(19)28(39)24(16)29(40)32(20,43)30(41)26(27(23)38)31(33)42/h4-9,13,16,20,23,36,39,41,43H,10-12H2,1-3H3,(H2,33,42)(H,34,37)/t16-,20-,23-,32-/m0/s1. The van der Waals surface area contributed by atoms with E-state index < -0.39 is 82.3 Å². The Balaban J connectivity index is 1.57. The number of carbonyl (C=O) groups excluding carboxylic acids is 5. The van der Waals surface area contributed by atoms with Crippen LogP contribution in [0.3, 0.4) is 0 Å². The summed E-state index contributed by atoms with van der Waals surface area (Å²) in [4.78, 5) is 62.4. The highest BCUT2D eigenvalue weighted by Crippen LogP contribution is 2.55. The maximum absolute atomic E-state index is 14.0. The van der Waals surface area contributed by atoms with Crippen molar-refractivity contribution in [3.8, 4) is 16.9 Å². The lowest BCUT2D eigenvalue weighted by atomic mass is 9.54. The van der Waals surface area contributed by atoms with Gasteiger partial charge in [-0.3, -0.25) is 24.0 Å². The Morgan fingerprint density at radius 2 is 1.73 bits per heavy atom. The summed E-state index contributed by atoms with van der Waals surface area (Å²) in [6, 6.07) is 9.66.